The van der Waals surface area contributed by atoms with Crippen LogP contribution in [0.3, 0.4) is 0 Å². The van der Waals surface area contributed by atoms with Gasteiger partial charge >= 0.3 is 59.1 Å². The minimum atomic E-state index is -4.77. The van der Waals surface area contributed by atoms with Crippen molar-refractivity contribution in [1.29, 1.82) is 0 Å². The smallest absolute Gasteiger partial charge is 0.790 e. The molecule has 0 aromatic rings. The number of hydrogen-bond acceptors (Lipinski definition) is 5. The van der Waals surface area contributed by atoms with Gasteiger partial charge in [0, 0.05) is 6.42 Å². The second kappa shape index (κ2) is 24.8. The molecule has 0 aromatic heterocycles. The summed E-state index contributed by atoms with van der Waals surface area (Å²) in [5.41, 5.74) is 0. The molecule has 0 aliphatic heterocycles. The van der Waals surface area contributed by atoms with Crippen LogP contribution in [-0.4, -0.2) is 12.9 Å². The molecule has 0 saturated carbocycles. The number of phosphoric acid groups is 1. The quantitative estimate of drug-likeness (QED) is 0.110. The monoisotopic (exact) mass is 408 g/mol. The zero-order valence-corrected chi connectivity index (χ0v) is 22.0. The number of aldehydes is 1. The number of phosphoric ester groups is 1. The van der Waals surface area contributed by atoms with Gasteiger partial charge in [0.2, 0.25) is 0 Å². The van der Waals surface area contributed by atoms with E-state index in [4.69, 9.17) is 0 Å². The Bertz CT molecular complexity index is 327. The summed E-state index contributed by atoms with van der Waals surface area (Å²) in [6.07, 6.45) is 19.5. The van der Waals surface area contributed by atoms with Gasteiger partial charge in [-0.05, 0) is 12.8 Å². The molecule has 0 radical (unpaired) electrons. The van der Waals surface area contributed by atoms with E-state index >= 15 is 0 Å². The zero-order chi connectivity index (χ0) is 17.9. The van der Waals surface area contributed by atoms with Crippen molar-refractivity contribution in [2.45, 2.75) is 103 Å². The molecule has 0 spiro atoms. The zero-order valence-electron chi connectivity index (χ0n) is 17.1. The van der Waals surface area contributed by atoms with Gasteiger partial charge in [-0.15, -0.1) is 0 Å². The van der Waals surface area contributed by atoms with Crippen molar-refractivity contribution >= 4 is 14.1 Å². The standard InChI is InChI=1S/C18H37O5P.2Na/c19-17-15-13-11-9-7-5-3-1-2-4-6-8-10-12-14-16-18-23-24(20,21)22;;/h17H,1-16,18H2,(H2,20,21,22);;/q;2*+1/p-2. The van der Waals surface area contributed by atoms with E-state index in [0.717, 1.165) is 32.0 Å². The van der Waals surface area contributed by atoms with Gasteiger partial charge in [-0.2, -0.15) is 0 Å². The van der Waals surface area contributed by atoms with Crippen molar-refractivity contribution in [2.24, 2.45) is 0 Å². The molecule has 0 aliphatic rings. The summed E-state index contributed by atoms with van der Waals surface area (Å²) in [5, 5.41) is 0. The van der Waals surface area contributed by atoms with Crippen LogP contribution in [0.25, 0.3) is 0 Å². The fourth-order valence-electron chi connectivity index (χ4n) is 2.80. The van der Waals surface area contributed by atoms with E-state index in [1.807, 2.05) is 0 Å². The molecule has 0 fully saturated rings. The van der Waals surface area contributed by atoms with Crippen LogP contribution in [0.4, 0.5) is 0 Å². The molecule has 8 heteroatoms. The minimum absolute atomic E-state index is 0. The van der Waals surface area contributed by atoms with Crippen LogP contribution >= 0.6 is 7.82 Å². The first-order valence-corrected chi connectivity index (χ1v) is 11.1. The van der Waals surface area contributed by atoms with Crippen LogP contribution in [0.15, 0.2) is 0 Å². The average molecular weight is 408 g/mol. The average Bonchev–Trinajstić information content (AvgIpc) is 2.52. The maximum Gasteiger partial charge on any atom is 1.00 e. The van der Waals surface area contributed by atoms with Crippen molar-refractivity contribution in [2.75, 3.05) is 6.61 Å². The Morgan fingerprint density at radius 1 is 0.615 bits per heavy atom. The van der Waals surface area contributed by atoms with Crippen LogP contribution in [-0.2, 0) is 13.9 Å². The van der Waals surface area contributed by atoms with E-state index in [1.165, 1.54) is 70.6 Å². The number of unbranched alkanes of at least 4 members (excludes halogenated alkanes) is 15. The number of hydrogen-bond donors (Lipinski definition) is 0. The molecule has 144 valence electrons. The molecule has 0 heterocycles. The van der Waals surface area contributed by atoms with Gasteiger partial charge < -0.3 is 23.7 Å². The molecule has 0 bridgehead atoms. The normalized spacial score (nSPS) is 10.8. The molecular weight excluding hydrogens is 373 g/mol. The van der Waals surface area contributed by atoms with Crippen molar-refractivity contribution in [1.82, 2.24) is 0 Å². The van der Waals surface area contributed by atoms with Gasteiger partial charge in [0.05, 0.1) is 14.4 Å². The second-order valence-corrected chi connectivity index (χ2v) is 7.69. The van der Waals surface area contributed by atoms with E-state index in [2.05, 4.69) is 4.52 Å². The Hall–Kier alpha value is 1.78. The van der Waals surface area contributed by atoms with Crippen LogP contribution < -0.4 is 68.9 Å². The summed E-state index contributed by atoms with van der Waals surface area (Å²) in [5.74, 6) is 0. The fraction of sp³-hybridized carbons (Fsp3) is 0.944. The largest absolute Gasteiger partial charge is 1.00 e. The minimum Gasteiger partial charge on any atom is -0.790 e. The molecular formula is C18H35Na2O5P. The van der Waals surface area contributed by atoms with Crippen LogP contribution in [0.2, 0.25) is 0 Å². The van der Waals surface area contributed by atoms with E-state index in [-0.39, 0.29) is 65.7 Å². The summed E-state index contributed by atoms with van der Waals surface area (Å²) in [6.45, 7) is 0.0291. The molecule has 0 amide bonds. The first-order chi connectivity index (χ1) is 11.6. The summed E-state index contributed by atoms with van der Waals surface area (Å²) in [7, 11) is -4.77. The predicted octanol–water partition coefficient (Wildman–Crippen LogP) is -1.72. The fourth-order valence-corrected chi connectivity index (χ4v) is 3.16. The van der Waals surface area contributed by atoms with Crippen LogP contribution in [0.1, 0.15) is 103 Å². The van der Waals surface area contributed by atoms with Crippen molar-refractivity contribution in [3.63, 3.8) is 0 Å². The molecule has 0 aromatic carbocycles. The third-order valence-corrected chi connectivity index (χ3v) is 4.71. The second-order valence-electron chi connectivity index (χ2n) is 6.54. The van der Waals surface area contributed by atoms with Gasteiger partial charge in [-0.1, -0.05) is 83.5 Å². The van der Waals surface area contributed by atoms with Crippen molar-refractivity contribution in [3.8, 4) is 0 Å². The van der Waals surface area contributed by atoms with Gasteiger partial charge in [0.1, 0.15) is 6.29 Å². The molecule has 0 rings (SSSR count). The Morgan fingerprint density at radius 3 is 1.23 bits per heavy atom. The molecule has 0 aliphatic carbocycles. The van der Waals surface area contributed by atoms with Crippen molar-refractivity contribution in [3.05, 3.63) is 0 Å². The Kier molecular flexibility index (Phi) is 31.0. The van der Waals surface area contributed by atoms with Crippen molar-refractivity contribution < 1.29 is 82.8 Å². The van der Waals surface area contributed by atoms with E-state index < -0.39 is 7.82 Å². The van der Waals surface area contributed by atoms with E-state index in [0.29, 0.717) is 6.42 Å². The maximum atomic E-state index is 10.2. The molecule has 5 nitrogen and oxygen atoms in total. The topological polar surface area (TPSA) is 89.5 Å². The third-order valence-electron chi connectivity index (χ3n) is 4.22. The first-order valence-electron chi connectivity index (χ1n) is 9.66. The summed E-state index contributed by atoms with van der Waals surface area (Å²) in [4.78, 5) is 30.6. The Balaban J connectivity index is -0.00000264. The predicted molar refractivity (Wildman–Crippen MR) is 93.5 cm³/mol. The van der Waals surface area contributed by atoms with Gasteiger partial charge in [-0.3, -0.25) is 0 Å². The van der Waals surface area contributed by atoms with E-state index in [1.54, 1.807) is 0 Å². The summed E-state index contributed by atoms with van der Waals surface area (Å²) < 4.78 is 14.4. The Labute approximate surface area is 204 Å². The van der Waals surface area contributed by atoms with Gasteiger partial charge in [-0.25, -0.2) is 0 Å². The number of rotatable bonds is 19. The third kappa shape index (κ3) is 30.5. The molecule has 0 atom stereocenters. The summed E-state index contributed by atoms with van der Waals surface area (Å²) >= 11 is 0. The molecule has 26 heavy (non-hydrogen) atoms. The van der Waals surface area contributed by atoms with Gasteiger partial charge in [0.25, 0.3) is 0 Å². The molecule has 0 saturated heterocycles. The van der Waals surface area contributed by atoms with Crippen LogP contribution in [0.5, 0.6) is 0 Å². The van der Waals surface area contributed by atoms with Crippen LogP contribution in [0, 0.1) is 0 Å². The number of carbonyl (C=O) groups is 1. The van der Waals surface area contributed by atoms with Gasteiger partial charge in [0.15, 0.2) is 0 Å². The molecule has 0 N–H and O–H groups in total. The van der Waals surface area contributed by atoms with E-state index in [9.17, 15) is 19.1 Å². The molecule has 0 unspecified atom stereocenters. The summed E-state index contributed by atoms with van der Waals surface area (Å²) in [6, 6.07) is 0. The SMILES string of the molecule is O=CCCCCCCCCCCCCCCCCCOP(=O)([O-])[O-].[Na+].[Na+]. The first kappa shape index (κ1) is 32.4. The maximum absolute atomic E-state index is 10.2. The number of carbonyl (C=O) groups excluding carboxylic acids is 1. The Morgan fingerprint density at radius 2 is 0.923 bits per heavy atom.